The van der Waals surface area contributed by atoms with Crippen molar-refractivity contribution in [3.63, 3.8) is 0 Å². The minimum atomic E-state index is -0.719. The maximum Gasteiger partial charge on any atom is 0.353 e. The summed E-state index contributed by atoms with van der Waals surface area (Å²) in [4.78, 5) is 62.2. The van der Waals surface area contributed by atoms with Gasteiger partial charge < -0.3 is 14.4 Å². The van der Waals surface area contributed by atoms with Crippen LogP contribution in [0.1, 0.15) is 26.5 Å². The first-order chi connectivity index (χ1) is 19.8. The highest BCUT2D eigenvalue weighted by Gasteiger charge is 2.36. The normalized spacial score (nSPS) is 14.5. The molecule has 2 heterocycles. The summed E-state index contributed by atoms with van der Waals surface area (Å²) >= 11 is 1.26. The van der Waals surface area contributed by atoms with E-state index >= 15 is 0 Å². The highest BCUT2D eigenvalue weighted by molar-refractivity contribution is 7.12. The lowest BCUT2D eigenvalue weighted by molar-refractivity contribution is -0.384. The predicted molar refractivity (Wildman–Crippen MR) is 150 cm³/mol. The fraction of sp³-hybridized carbons (Fsp3) is 0.133. The standard InChI is InChI=1S/C30H22N2O8S/c33-26(21-7-13-25(14-8-21)40-30(36)27-2-1-15-41-27)18-39-29(35)22-16-28(34)31(17-22)23-9-3-19(4-10-23)20-5-11-24(12-6-20)32(37)38/h1-15,22H,16-18H2/t22-/m0/s1. The number of ketones is 1. The van der Waals surface area contributed by atoms with Crippen molar-refractivity contribution in [2.75, 3.05) is 18.1 Å². The number of nitrogens with zero attached hydrogens (tertiary/aromatic N) is 2. The van der Waals surface area contributed by atoms with Crippen molar-refractivity contribution in [3.05, 3.63) is 111 Å². The van der Waals surface area contributed by atoms with E-state index in [0.717, 1.165) is 11.1 Å². The largest absolute Gasteiger partial charge is 0.457 e. The Bertz CT molecular complexity index is 1600. The second kappa shape index (κ2) is 11.9. The lowest BCUT2D eigenvalue weighted by Crippen LogP contribution is -2.27. The quantitative estimate of drug-likeness (QED) is 0.0868. The fourth-order valence-corrected chi connectivity index (χ4v) is 4.92. The molecule has 4 aromatic rings. The zero-order valence-electron chi connectivity index (χ0n) is 21.4. The number of amides is 1. The van der Waals surface area contributed by atoms with Crippen LogP contribution in [0.5, 0.6) is 5.75 Å². The average molecular weight is 571 g/mol. The van der Waals surface area contributed by atoms with Crippen molar-refractivity contribution in [3.8, 4) is 16.9 Å². The number of non-ortho nitro benzene ring substituents is 1. The zero-order chi connectivity index (χ0) is 28.9. The molecule has 1 fully saturated rings. The van der Waals surface area contributed by atoms with Crippen LogP contribution in [-0.2, 0) is 14.3 Å². The molecule has 0 N–H and O–H groups in total. The number of benzene rings is 3. The molecule has 1 amide bonds. The summed E-state index contributed by atoms with van der Waals surface area (Å²) in [5, 5.41) is 12.6. The summed E-state index contributed by atoms with van der Waals surface area (Å²) in [5.41, 5.74) is 2.49. The third kappa shape index (κ3) is 6.36. The van der Waals surface area contributed by atoms with Crippen LogP contribution in [0.15, 0.2) is 90.3 Å². The van der Waals surface area contributed by atoms with E-state index in [-0.39, 0.29) is 35.9 Å². The topological polar surface area (TPSA) is 133 Å². The number of ether oxygens (including phenoxy) is 2. The molecule has 1 atom stereocenters. The van der Waals surface area contributed by atoms with Crippen molar-refractivity contribution in [2.45, 2.75) is 6.42 Å². The third-order valence-corrected chi connectivity index (χ3v) is 7.35. The van der Waals surface area contributed by atoms with Crippen LogP contribution in [-0.4, -0.2) is 41.7 Å². The number of Topliss-reactive ketones (excluding diaryl/α,β-unsaturated/α-hetero) is 1. The monoisotopic (exact) mass is 570 g/mol. The number of rotatable bonds is 9. The Morgan fingerprint density at radius 2 is 1.59 bits per heavy atom. The van der Waals surface area contributed by atoms with E-state index in [0.29, 0.717) is 10.6 Å². The Morgan fingerprint density at radius 3 is 2.20 bits per heavy atom. The number of anilines is 1. The van der Waals surface area contributed by atoms with Crippen LogP contribution in [0, 0.1) is 16.0 Å². The third-order valence-electron chi connectivity index (χ3n) is 6.50. The maximum absolute atomic E-state index is 12.6. The molecule has 1 saturated heterocycles. The summed E-state index contributed by atoms with van der Waals surface area (Å²) in [6.07, 6.45) is -0.0402. The van der Waals surface area contributed by atoms with Gasteiger partial charge in [0.1, 0.15) is 10.6 Å². The van der Waals surface area contributed by atoms with E-state index in [1.165, 1.54) is 52.6 Å². The lowest BCUT2D eigenvalue weighted by atomic mass is 10.0. The van der Waals surface area contributed by atoms with E-state index in [4.69, 9.17) is 9.47 Å². The number of nitro benzene ring substituents is 1. The van der Waals surface area contributed by atoms with E-state index in [1.807, 2.05) is 0 Å². The van der Waals surface area contributed by atoms with Gasteiger partial charge >= 0.3 is 11.9 Å². The number of esters is 2. The Balaban J connectivity index is 1.13. The molecule has 3 aromatic carbocycles. The van der Waals surface area contributed by atoms with E-state index in [1.54, 1.807) is 53.9 Å². The molecule has 0 unspecified atom stereocenters. The van der Waals surface area contributed by atoms with Gasteiger partial charge in [-0.25, -0.2) is 4.79 Å². The van der Waals surface area contributed by atoms with E-state index < -0.39 is 35.2 Å². The van der Waals surface area contributed by atoms with Gasteiger partial charge in [-0.15, -0.1) is 11.3 Å². The second-order valence-corrected chi connectivity index (χ2v) is 10.1. The molecule has 0 aliphatic carbocycles. The Hall–Kier alpha value is -5.16. The van der Waals surface area contributed by atoms with Gasteiger partial charge in [-0.3, -0.25) is 24.5 Å². The minimum Gasteiger partial charge on any atom is -0.457 e. The van der Waals surface area contributed by atoms with Gasteiger partial charge in [-0.2, -0.15) is 0 Å². The Labute approximate surface area is 237 Å². The van der Waals surface area contributed by atoms with Crippen LogP contribution in [0.2, 0.25) is 0 Å². The number of carbonyl (C=O) groups is 4. The molecule has 1 aliphatic rings. The number of nitro groups is 1. The van der Waals surface area contributed by atoms with Crippen molar-refractivity contribution in [1.82, 2.24) is 0 Å². The first-order valence-corrected chi connectivity index (χ1v) is 13.4. The van der Waals surface area contributed by atoms with Crippen molar-refractivity contribution < 1.29 is 33.6 Å². The molecule has 206 valence electrons. The smallest absolute Gasteiger partial charge is 0.353 e. The van der Waals surface area contributed by atoms with Crippen LogP contribution >= 0.6 is 11.3 Å². The number of carbonyl (C=O) groups excluding carboxylic acids is 4. The van der Waals surface area contributed by atoms with Gasteiger partial charge in [-0.05, 0) is 71.1 Å². The first-order valence-electron chi connectivity index (χ1n) is 12.5. The minimum absolute atomic E-state index is 0.00157. The Morgan fingerprint density at radius 1 is 0.927 bits per heavy atom. The Kier molecular flexibility index (Phi) is 7.97. The molecule has 0 spiro atoms. The summed E-state index contributed by atoms with van der Waals surface area (Å²) in [7, 11) is 0. The van der Waals surface area contributed by atoms with Gasteiger partial charge in [0.25, 0.3) is 5.69 Å². The molecule has 11 heteroatoms. The van der Waals surface area contributed by atoms with Crippen molar-refractivity contribution >= 4 is 46.3 Å². The lowest BCUT2D eigenvalue weighted by Gasteiger charge is -2.17. The molecular weight excluding hydrogens is 548 g/mol. The van der Waals surface area contributed by atoms with Gasteiger partial charge in [-0.1, -0.05) is 18.2 Å². The molecule has 0 radical (unpaired) electrons. The van der Waals surface area contributed by atoms with Crippen molar-refractivity contribution in [1.29, 1.82) is 0 Å². The molecule has 41 heavy (non-hydrogen) atoms. The van der Waals surface area contributed by atoms with Gasteiger partial charge in [0.05, 0.1) is 10.8 Å². The fourth-order valence-electron chi connectivity index (χ4n) is 4.32. The van der Waals surface area contributed by atoms with Crippen LogP contribution in [0.4, 0.5) is 11.4 Å². The predicted octanol–water partition coefficient (Wildman–Crippen LogP) is 5.32. The summed E-state index contributed by atoms with van der Waals surface area (Å²) in [6, 6.07) is 22.5. The van der Waals surface area contributed by atoms with E-state index in [2.05, 4.69) is 0 Å². The van der Waals surface area contributed by atoms with Gasteiger partial charge in [0.2, 0.25) is 5.91 Å². The molecule has 1 aliphatic heterocycles. The van der Waals surface area contributed by atoms with Crippen LogP contribution in [0.25, 0.3) is 11.1 Å². The van der Waals surface area contributed by atoms with Gasteiger partial charge in [0, 0.05) is 36.3 Å². The summed E-state index contributed by atoms with van der Waals surface area (Å²) in [5.74, 6) is -2.25. The number of thiophene rings is 1. The van der Waals surface area contributed by atoms with E-state index in [9.17, 15) is 29.3 Å². The maximum atomic E-state index is 12.6. The molecule has 0 bridgehead atoms. The average Bonchev–Trinajstić information content (AvgIpc) is 3.67. The van der Waals surface area contributed by atoms with Crippen molar-refractivity contribution in [2.24, 2.45) is 5.92 Å². The first kappa shape index (κ1) is 27.4. The molecular formula is C30H22N2O8S. The number of hydrogen-bond acceptors (Lipinski definition) is 9. The summed E-state index contributed by atoms with van der Waals surface area (Å²) in [6.45, 7) is -0.366. The summed E-state index contributed by atoms with van der Waals surface area (Å²) < 4.78 is 10.5. The molecule has 10 nitrogen and oxygen atoms in total. The van der Waals surface area contributed by atoms with Crippen LogP contribution < -0.4 is 9.64 Å². The SMILES string of the molecule is O=C(COC(=O)[C@H]1CC(=O)N(c2ccc(-c3ccc([N+](=O)[O-])cc3)cc2)C1)c1ccc(OC(=O)c2cccs2)cc1. The number of hydrogen-bond donors (Lipinski definition) is 0. The highest BCUT2D eigenvalue weighted by atomic mass is 32.1. The zero-order valence-corrected chi connectivity index (χ0v) is 22.2. The highest BCUT2D eigenvalue weighted by Crippen LogP contribution is 2.29. The van der Waals surface area contributed by atoms with Crippen LogP contribution in [0.3, 0.4) is 0 Å². The molecule has 5 rings (SSSR count). The van der Waals surface area contributed by atoms with Gasteiger partial charge in [0.15, 0.2) is 12.4 Å². The molecule has 0 saturated carbocycles. The second-order valence-electron chi connectivity index (χ2n) is 9.18. The molecule has 1 aromatic heterocycles.